The molecular formula is C15H23ClF3NO. The average Bonchev–Trinajstić information content (AvgIpc) is 2.63. The number of nitrogens with one attached hydrogen (secondary N) is 1. The highest BCUT2D eigenvalue weighted by molar-refractivity contribution is 6.21. The van der Waals surface area contributed by atoms with Crippen LogP contribution in [0.4, 0.5) is 13.2 Å². The zero-order valence-corrected chi connectivity index (χ0v) is 12.8. The van der Waals surface area contributed by atoms with Gasteiger partial charge < -0.3 is 5.32 Å². The summed E-state index contributed by atoms with van der Waals surface area (Å²) in [6.45, 7) is 0. The molecule has 0 spiro atoms. The summed E-state index contributed by atoms with van der Waals surface area (Å²) in [5, 5.41) is 2.65. The fourth-order valence-corrected chi connectivity index (χ4v) is 3.89. The van der Waals surface area contributed by atoms with Gasteiger partial charge in [-0.3, -0.25) is 4.79 Å². The SMILES string of the molecule is O=C(NC1CCCCCC1Cl)C1CCCCC1C(F)(F)F. The summed E-state index contributed by atoms with van der Waals surface area (Å²) >= 11 is 6.26. The van der Waals surface area contributed by atoms with Gasteiger partial charge >= 0.3 is 6.18 Å². The molecule has 6 heteroatoms. The summed E-state index contributed by atoms with van der Waals surface area (Å²) in [5.74, 6) is -2.88. The Morgan fingerprint density at radius 3 is 2.29 bits per heavy atom. The zero-order valence-electron chi connectivity index (χ0n) is 12.1. The number of alkyl halides is 4. The monoisotopic (exact) mass is 325 g/mol. The Balaban J connectivity index is 2.00. The maximum atomic E-state index is 13.1. The predicted molar refractivity (Wildman–Crippen MR) is 76.2 cm³/mol. The highest BCUT2D eigenvalue weighted by Crippen LogP contribution is 2.41. The Morgan fingerprint density at radius 2 is 1.57 bits per heavy atom. The van der Waals surface area contributed by atoms with Crippen LogP contribution in [0, 0.1) is 11.8 Å². The highest BCUT2D eigenvalue weighted by atomic mass is 35.5. The van der Waals surface area contributed by atoms with Crippen molar-refractivity contribution in [2.24, 2.45) is 11.8 Å². The van der Waals surface area contributed by atoms with E-state index in [1.807, 2.05) is 0 Å². The van der Waals surface area contributed by atoms with Gasteiger partial charge in [0, 0.05) is 12.0 Å². The van der Waals surface area contributed by atoms with E-state index in [1.54, 1.807) is 0 Å². The van der Waals surface area contributed by atoms with Crippen molar-refractivity contribution in [1.29, 1.82) is 0 Å². The number of hydrogen-bond acceptors (Lipinski definition) is 1. The smallest absolute Gasteiger partial charge is 0.352 e. The molecule has 1 N–H and O–H groups in total. The van der Waals surface area contributed by atoms with Crippen LogP contribution in [0.15, 0.2) is 0 Å². The van der Waals surface area contributed by atoms with Gasteiger partial charge in [0.15, 0.2) is 0 Å². The Bertz CT molecular complexity index is 361. The van der Waals surface area contributed by atoms with Crippen LogP contribution in [-0.4, -0.2) is 23.5 Å². The molecule has 2 fully saturated rings. The molecular weight excluding hydrogens is 303 g/mol. The van der Waals surface area contributed by atoms with E-state index in [4.69, 9.17) is 11.6 Å². The molecule has 0 aromatic rings. The lowest BCUT2D eigenvalue weighted by molar-refractivity contribution is -0.198. The third-order valence-corrected chi connectivity index (χ3v) is 5.30. The number of amides is 1. The van der Waals surface area contributed by atoms with Crippen LogP contribution in [-0.2, 0) is 4.79 Å². The quantitative estimate of drug-likeness (QED) is 0.591. The Morgan fingerprint density at radius 1 is 0.952 bits per heavy atom. The van der Waals surface area contributed by atoms with E-state index < -0.39 is 23.9 Å². The van der Waals surface area contributed by atoms with Crippen LogP contribution >= 0.6 is 11.6 Å². The normalized spacial score (nSPS) is 35.0. The summed E-state index contributed by atoms with van der Waals surface area (Å²) in [5.41, 5.74) is 0. The third-order valence-electron chi connectivity index (χ3n) is 4.78. The van der Waals surface area contributed by atoms with E-state index >= 15 is 0 Å². The number of carbonyl (C=O) groups excluding carboxylic acids is 1. The van der Waals surface area contributed by atoms with Gasteiger partial charge in [-0.2, -0.15) is 13.2 Å². The Hall–Kier alpha value is -0.450. The molecule has 0 aliphatic heterocycles. The van der Waals surface area contributed by atoms with Crippen LogP contribution in [0.25, 0.3) is 0 Å². The van der Waals surface area contributed by atoms with Crippen LogP contribution in [0.5, 0.6) is 0 Å². The maximum Gasteiger partial charge on any atom is 0.392 e. The molecule has 4 atom stereocenters. The van der Waals surface area contributed by atoms with Crippen LogP contribution in [0.2, 0.25) is 0 Å². The number of hydrogen-bond donors (Lipinski definition) is 1. The lowest BCUT2D eigenvalue weighted by atomic mass is 9.78. The van der Waals surface area contributed by atoms with Crippen LogP contribution in [0.1, 0.15) is 57.8 Å². The average molecular weight is 326 g/mol. The van der Waals surface area contributed by atoms with Crippen molar-refractivity contribution in [2.75, 3.05) is 0 Å². The number of halogens is 4. The van der Waals surface area contributed by atoms with Crippen molar-refractivity contribution in [1.82, 2.24) is 5.32 Å². The van der Waals surface area contributed by atoms with Gasteiger partial charge in [-0.25, -0.2) is 0 Å². The van der Waals surface area contributed by atoms with E-state index in [2.05, 4.69) is 5.32 Å². The van der Waals surface area contributed by atoms with Gasteiger partial charge in [-0.05, 0) is 25.7 Å². The molecule has 2 saturated carbocycles. The first-order chi connectivity index (χ1) is 9.89. The number of rotatable bonds is 2. The highest BCUT2D eigenvalue weighted by Gasteiger charge is 2.48. The van der Waals surface area contributed by atoms with Crippen molar-refractivity contribution in [3.05, 3.63) is 0 Å². The molecule has 0 saturated heterocycles. The van der Waals surface area contributed by atoms with Gasteiger partial charge in [-0.1, -0.05) is 32.1 Å². The lowest BCUT2D eigenvalue weighted by Crippen LogP contribution is -2.48. The molecule has 2 aliphatic rings. The number of carbonyl (C=O) groups is 1. The maximum absolute atomic E-state index is 13.1. The standard InChI is InChI=1S/C15H23ClF3NO/c16-12-8-2-1-3-9-13(12)20-14(21)10-6-4-5-7-11(10)15(17,18)19/h10-13H,1-9H2,(H,20,21). The second kappa shape index (κ2) is 7.21. The third kappa shape index (κ3) is 4.51. The molecule has 122 valence electrons. The van der Waals surface area contributed by atoms with Crippen LogP contribution in [0.3, 0.4) is 0 Å². The first-order valence-electron chi connectivity index (χ1n) is 7.90. The fourth-order valence-electron chi connectivity index (χ4n) is 3.55. The second-order valence-electron chi connectivity index (χ2n) is 6.31. The van der Waals surface area contributed by atoms with Gasteiger partial charge in [0.1, 0.15) is 0 Å². The molecule has 2 rings (SSSR count). The second-order valence-corrected chi connectivity index (χ2v) is 6.87. The lowest BCUT2D eigenvalue weighted by Gasteiger charge is -2.33. The van der Waals surface area contributed by atoms with Gasteiger partial charge in [0.25, 0.3) is 0 Å². The largest absolute Gasteiger partial charge is 0.392 e. The Labute approximate surface area is 128 Å². The molecule has 4 unspecified atom stereocenters. The zero-order chi connectivity index (χ0) is 15.5. The minimum atomic E-state index is -4.29. The summed E-state index contributed by atoms with van der Waals surface area (Å²) in [6, 6.07) is -0.183. The summed E-state index contributed by atoms with van der Waals surface area (Å²) in [6.07, 6.45) is 2.01. The van der Waals surface area contributed by atoms with E-state index in [9.17, 15) is 18.0 Å². The molecule has 0 aromatic carbocycles. The van der Waals surface area contributed by atoms with Gasteiger partial charge in [0.2, 0.25) is 5.91 Å². The summed E-state index contributed by atoms with van der Waals surface area (Å²) in [4.78, 5) is 12.3. The first-order valence-corrected chi connectivity index (χ1v) is 8.34. The fraction of sp³-hybridized carbons (Fsp3) is 0.933. The summed E-state index contributed by atoms with van der Waals surface area (Å²) in [7, 11) is 0. The summed E-state index contributed by atoms with van der Waals surface area (Å²) < 4.78 is 39.2. The van der Waals surface area contributed by atoms with E-state index in [0.29, 0.717) is 19.3 Å². The topological polar surface area (TPSA) is 29.1 Å². The minimum absolute atomic E-state index is 0.0660. The van der Waals surface area contributed by atoms with Crippen molar-refractivity contribution in [3.8, 4) is 0 Å². The molecule has 1 amide bonds. The molecule has 0 aromatic heterocycles. The van der Waals surface area contributed by atoms with Gasteiger partial charge in [0.05, 0.1) is 11.3 Å². The molecule has 0 radical (unpaired) electrons. The predicted octanol–water partition coefficient (Wildman–Crippen LogP) is 4.41. The molecule has 2 aliphatic carbocycles. The van der Waals surface area contributed by atoms with Crippen molar-refractivity contribution in [2.45, 2.75) is 75.4 Å². The molecule has 21 heavy (non-hydrogen) atoms. The van der Waals surface area contributed by atoms with Crippen molar-refractivity contribution < 1.29 is 18.0 Å². The Kier molecular flexibility index (Phi) is 5.81. The molecule has 0 heterocycles. The molecule has 2 nitrogen and oxygen atoms in total. The van der Waals surface area contributed by atoms with Crippen molar-refractivity contribution >= 4 is 17.5 Å². The van der Waals surface area contributed by atoms with Crippen molar-refractivity contribution in [3.63, 3.8) is 0 Å². The minimum Gasteiger partial charge on any atom is -0.352 e. The van der Waals surface area contributed by atoms with E-state index in [-0.39, 0.29) is 17.8 Å². The van der Waals surface area contributed by atoms with Crippen LogP contribution < -0.4 is 5.32 Å². The molecule has 0 bridgehead atoms. The van der Waals surface area contributed by atoms with Gasteiger partial charge in [-0.15, -0.1) is 11.6 Å². The van der Waals surface area contributed by atoms with E-state index in [1.165, 1.54) is 0 Å². The first kappa shape index (κ1) is 16.9. The van der Waals surface area contributed by atoms with E-state index in [0.717, 1.165) is 32.1 Å².